The Hall–Kier alpha value is -3.41. The van der Waals surface area contributed by atoms with Crippen LogP contribution in [0.25, 0.3) is 23.2 Å². The lowest BCUT2D eigenvalue weighted by molar-refractivity contribution is 0.234. The average molecular weight is 440 g/mol. The number of fused-ring (bicyclic) bond motifs is 3. The van der Waals surface area contributed by atoms with E-state index in [2.05, 4.69) is 76.1 Å². The summed E-state index contributed by atoms with van der Waals surface area (Å²) >= 11 is 0. The van der Waals surface area contributed by atoms with Crippen molar-refractivity contribution in [3.05, 3.63) is 93.9 Å². The molecule has 0 fully saturated rings. The third kappa shape index (κ3) is 4.06. The summed E-state index contributed by atoms with van der Waals surface area (Å²) in [7, 11) is 0. The number of aromatic nitrogens is 2. The van der Waals surface area contributed by atoms with Crippen LogP contribution in [0.2, 0.25) is 0 Å². The number of aliphatic hydroxyl groups is 1. The average Bonchev–Trinajstić information content (AvgIpc) is 3.13. The molecule has 0 unspecified atom stereocenters. The van der Waals surface area contributed by atoms with Gasteiger partial charge < -0.3 is 14.8 Å². The van der Waals surface area contributed by atoms with Crippen LogP contribution < -0.4 is 0 Å². The number of aliphatic hydroxyl groups excluding tert-OH is 1. The number of aromatic hydroxyl groups is 1. The van der Waals surface area contributed by atoms with E-state index in [1.54, 1.807) is 13.1 Å². The van der Waals surface area contributed by atoms with E-state index in [9.17, 15) is 10.2 Å². The highest BCUT2D eigenvalue weighted by molar-refractivity contribution is 5.89. The monoisotopic (exact) mass is 439 g/mol. The van der Waals surface area contributed by atoms with Crippen molar-refractivity contribution >= 4 is 23.2 Å². The summed E-state index contributed by atoms with van der Waals surface area (Å²) in [5.74, 6) is 0.191. The molecule has 0 saturated heterocycles. The first-order valence-electron chi connectivity index (χ1n) is 11.4. The maximum atomic E-state index is 10.6. The van der Waals surface area contributed by atoms with Gasteiger partial charge in [0.1, 0.15) is 5.75 Å². The summed E-state index contributed by atoms with van der Waals surface area (Å²) < 4.78 is 2.33. The zero-order chi connectivity index (χ0) is 22.9. The summed E-state index contributed by atoms with van der Waals surface area (Å²) in [6, 6.07) is 17.0. The van der Waals surface area contributed by atoms with Crippen molar-refractivity contribution in [3.63, 3.8) is 0 Å². The second-order valence-electron chi connectivity index (χ2n) is 8.86. The SMILES string of the molecule is Cc1ccc2c(c1)c1c(n2/C=C/c2ccccc2)CCN(Cc2c(CO)cnc(C)c2O)C1. The zero-order valence-corrected chi connectivity index (χ0v) is 19.1. The number of benzene rings is 2. The van der Waals surface area contributed by atoms with E-state index in [1.165, 1.54) is 33.3 Å². The van der Waals surface area contributed by atoms with Crippen molar-refractivity contribution in [1.82, 2.24) is 14.5 Å². The van der Waals surface area contributed by atoms with Gasteiger partial charge in [-0.15, -0.1) is 0 Å². The molecular formula is C28H29N3O2. The second kappa shape index (κ2) is 8.85. The van der Waals surface area contributed by atoms with Crippen LogP contribution in [0, 0.1) is 13.8 Å². The van der Waals surface area contributed by atoms with Crippen LogP contribution in [0.5, 0.6) is 5.75 Å². The number of hydrogen-bond acceptors (Lipinski definition) is 4. The Balaban J connectivity index is 1.52. The fourth-order valence-electron chi connectivity index (χ4n) is 4.81. The molecule has 3 heterocycles. The second-order valence-corrected chi connectivity index (χ2v) is 8.86. The highest BCUT2D eigenvalue weighted by Crippen LogP contribution is 2.34. The summed E-state index contributed by atoms with van der Waals surface area (Å²) in [5, 5.41) is 21.7. The normalized spacial score (nSPS) is 14.3. The first kappa shape index (κ1) is 21.4. The molecule has 168 valence electrons. The van der Waals surface area contributed by atoms with E-state index in [4.69, 9.17) is 0 Å². The molecule has 0 spiro atoms. The topological polar surface area (TPSA) is 61.5 Å². The standard InChI is InChI=1S/C28H29N3O2/c1-19-8-9-26-23(14-19)25-17-30(16-24-22(18-32)15-29-20(2)28(24)33)12-11-27(25)31(26)13-10-21-6-4-3-5-7-21/h3-10,13-15,32-33H,11-12,16-18H2,1-2H3/b13-10+. The minimum absolute atomic E-state index is 0.127. The van der Waals surface area contributed by atoms with E-state index in [-0.39, 0.29) is 12.4 Å². The molecule has 4 aromatic rings. The van der Waals surface area contributed by atoms with Crippen molar-refractivity contribution in [2.24, 2.45) is 0 Å². The van der Waals surface area contributed by atoms with Crippen molar-refractivity contribution in [3.8, 4) is 5.75 Å². The lowest BCUT2D eigenvalue weighted by Crippen LogP contribution is -2.31. The van der Waals surface area contributed by atoms with Gasteiger partial charge in [-0.1, -0.05) is 42.0 Å². The van der Waals surface area contributed by atoms with Crippen LogP contribution in [0.1, 0.15) is 39.2 Å². The number of pyridine rings is 1. The Labute approximate surface area is 194 Å². The fourth-order valence-corrected chi connectivity index (χ4v) is 4.81. The largest absolute Gasteiger partial charge is 0.506 e. The molecule has 0 aliphatic carbocycles. The number of rotatable bonds is 5. The quantitative estimate of drug-likeness (QED) is 0.458. The maximum absolute atomic E-state index is 10.6. The van der Waals surface area contributed by atoms with Crippen LogP contribution >= 0.6 is 0 Å². The van der Waals surface area contributed by atoms with Crippen LogP contribution in [0.4, 0.5) is 0 Å². The van der Waals surface area contributed by atoms with Gasteiger partial charge in [-0.2, -0.15) is 0 Å². The summed E-state index contributed by atoms with van der Waals surface area (Å²) in [5.41, 5.74) is 8.39. The molecule has 0 radical (unpaired) electrons. The minimum atomic E-state index is -0.127. The Kier molecular flexibility index (Phi) is 5.75. The number of hydrogen-bond donors (Lipinski definition) is 2. The summed E-state index contributed by atoms with van der Waals surface area (Å²) in [4.78, 5) is 6.55. The predicted octanol–water partition coefficient (Wildman–Crippen LogP) is 5.04. The van der Waals surface area contributed by atoms with Gasteiger partial charge in [0.2, 0.25) is 0 Å². The van der Waals surface area contributed by atoms with Crippen LogP contribution in [-0.2, 0) is 26.1 Å². The van der Waals surface area contributed by atoms with Gasteiger partial charge in [0, 0.05) is 60.7 Å². The van der Waals surface area contributed by atoms with Gasteiger partial charge in [0.25, 0.3) is 0 Å². The molecular weight excluding hydrogens is 410 g/mol. The molecule has 0 bridgehead atoms. The van der Waals surface area contributed by atoms with E-state index < -0.39 is 0 Å². The lowest BCUT2D eigenvalue weighted by atomic mass is 10.0. The molecule has 2 aromatic heterocycles. The van der Waals surface area contributed by atoms with Crippen LogP contribution in [0.15, 0.2) is 54.7 Å². The molecule has 2 aromatic carbocycles. The van der Waals surface area contributed by atoms with Gasteiger partial charge in [0.15, 0.2) is 0 Å². The maximum Gasteiger partial charge on any atom is 0.141 e. The third-order valence-corrected chi connectivity index (χ3v) is 6.62. The minimum Gasteiger partial charge on any atom is -0.506 e. The smallest absolute Gasteiger partial charge is 0.141 e. The summed E-state index contributed by atoms with van der Waals surface area (Å²) in [6.07, 6.45) is 6.94. The van der Waals surface area contributed by atoms with Gasteiger partial charge >= 0.3 is 0 Å². The van der Waals surface area contributed by atoms with Crippen LogP contribution in [-0.4, -0.2) is 31.2 Å². The Morgan fingerprint density at radius 1 is 1.09 bits per heavy atom. The van der Waals surface area contributed by atoms with Gasteiger partial charge in [-0.25, -0.2) is 0 Å². The lowest BCUT2D eigenvalue weighted by Gasteiger charge is -2.29. The molecule has 0 atom stereocenters. The van der Waals surface area contributed by atoms with Crippen molar-refractivity contribution in [1.29, 1.82) is 0 Å². The molecule has 5 nitrogen and oxygen atoms in total. The Morgan fingerprint density at radius 2 is 1.91 bits per heavy atom. The van der Waals surface area contributed by atoms with Crippen molar-refractivity contribution in [2.75, 3.05) is 6.54 Å². The molecule has 0 saturated carbocycles. The number of nitrogens with zero attached hydrogens (tertiary/aromatic N) is 3. The van der Waals surface area contributed by atoms with Gasteiger partial charge in [-0.05, 0) is 43.2 Å². The highest BCUT2D eigenvalue weighted by Gasteiger charge is 2.25. The van der Waals surface area contributed by atoms with E-state index in [0.29, 0.717) is 17.8 Å². The molecule has 5 heteroatoms. The van der Waals surface area contributed by atoms with E-state index in [0.717, 1.165) is 25.1 Å². The first-order valence-corrected chi connectivity index (χ1v) is 11.4. The first-order chi connectivity index (χ1) is 16.0. The molecule has 33 heavy (non-hydrogen) atoms. The van der Waals surface area contributed by atoms with Crippen molar-refractivity contribution < 1.29 is 10.2 Å². The number of aryl methyl sites for hydroxylation is 2. The molecule has 1 aliphatic heterocycles. The van der Waals surface area contributed by atoms with Gasteiger partial charge in [-0.3, -0.25) is 9.88 Å². The molecule has 5 rings (SSSR count). The fraction of sp³-hybridized carbons (Fsp3) is 0.250. The Bertz CT molecular complexity index is 1340. The molecule has 2 N–H and O–H groups in total. The summed E-state index contributed by atoms with van der Waals surface area (Å²) in [6.45, 7) is 6.07. The van der Waals surface area contributed by atoms with E-state index >= 15 is 0 Å². The Morgan fingerprint density at radius 3 is 2.70 bits per heavy atom. The van der Waals surface area contributed by atoms with Crippen LogP contribution in [0.3, 0.4) is 0 Å². The molecule has 1 aliphatic rings. The predicted molar refractivity (Wildman–Crippen MR) is 133 cm³/mol. The van der Waals surface area contributed by atoms with Crippen molar-refractivity contribution in [2.45, 2.75) is 40.0 Å². The molecule has 0 amide bonds. The zero-order valence-electron chi connectivity index (χ0n) is 19.1. The van der Waals surface area contributed by atoms with E-state index in [1.807, 2.05) is 6.07 Å². The third-order valence-electron chi connectivity index (χ3n) is 6.62. The highest BCUT2D eigenvalue weighted by atomic mass is 16.3. The van der Waals surface area contributed by atoms with Gasteiger partial charge in [0.05, 0.1) is 17.8 Å².